The maximum absolute atomic E-state index is 12.9. The van der Waals surface area contributed by atoms with Gasteiger partial charge in [-0.15, -0.1) is 0 Å². The lowest BCUT2D eigenvalue weighted by molar-refractivity contribution is -0.116. The molecule has 1 heterocycles. The van der Waals surface area contributed by atoms with Crippen LogP contribution in [-0.2, 0) is 14.8 Å². The number of amides is 3. The van der Waals surface area contributed by atoms with E-state index >= 15 is 0 Å². The van der Waals surface area contributed by atoms with E-state index in [0.717, 1.165) is 37.0 Å². The number of carbonyl (C=O) groups is 3. The Morgan fingerprint density at radius 1 is 0.969 bits per heavy atom. The third-order valence-corrected chi connectivity index (χ3v) is 8.01. The highest BCUT2D eigenvalue weighted by molar-refractivity contribution is 7.89. The second kappa shape index (κ2) is 8.84. The van der Waals surface area contributed by atoms with Crippen molar-refractivity contribution in [3.8, 4) is 0 Å². The SMILES string of the molecule is CN(C1CCCCC1)S(=O)(=O)c1ccc(NC(=O)CN2C(=O)c3ccccc3C2=O)cc1. The molecule has 1 fully saturated rings. The zero-order valence-electron chi connectivity index (χ0n) is 17.8. The molecule has 0 bridgehead atoms. The van der Waals surface area contributed by atoms with Crippen LogP contribution in [0, 0.1) is 0 Å². The number of fused-ring (bicyclic) bond motifs is 1. The summed E-state index contributed by atoms with van der Waals surface area (Å²) in [6.45, 7) is -0.420. The molecule has 32 heavy (non-hydrogen) atoms. The second-order valence-electron chi connectivity index (χ2n) is 8.13. The fraction of sp³-hybridized carbons (Fsp3) is 0.348. The van der Waals surface area contributed by atoms with Crippen LogP contribution in [0.1, 0.15) is 52.8 Å². The zero-order chi connectivity index (χ0) is 22.9. The van der Waals surface area contributed by atoms with Gasteiger partial charge in [-0.05, 0) is 49.2 Å². The van der Waals surface area contributed by atoms with Crippen LogP contribution in [0.4, 0.5) is 5.69 Å². The third-order valence-electron chi connectivity index (χ3n) is 6.08. The first-order chi connectivity index (χ1) is 15.3. The van der Waals surface area contributed by atoms with E-state index in [1.165, 1.54) is 28.6 Å². The van der Waals surface area contributed by atoms with Gasteiger partial charge in [-0.3, -0.25) is 19.3 Å². The molecule has 1 aliphatic heterocycles. The average Bonchev–Trinajstić information content (AvgIpc) is 3.04. The van der Waals surface area contributed by atoms with Gasteiger partial charge in [0.15, 0.2) is 0 Å². The Kier molecular flexibility index (Phi) is 6.12. The summed E-state index contributed by atoms with van der Waals surface area (Å²) in [4.78, 5) is 38.3. The summed E-state index contributed by atoms with van der Waals surface area (Å²) in [7, 11) is -2.01. The lowest BCUT2D eigenvalue weighted by Gasteiger charge is -2.30. The second-order valence-corrected chi connectivity index (χ2v) is 10.1. The molecule has 0 aromatic heterocycles. The van der Waals surface area contributed by atoms with Crippen LogP contribution >= 0.6 is 0 Å². The number of rotatable bonds is 6. The summed E-state index contributed by atoms with van der Waals surface area (Å²) in [6, 6.07) is 12.3. The number of hydrogen-bond acceptors (Lipinski definition) is 5. The van der Waals surface area contributed by atoms with Crippen LogP contribution < -0.4 is 5.32 Å². The Morgan fingerprint density at radius 2 is 1.53 bits per heavy atom. The Morgan fingerprint density at radius 3 is 2.09 bits per heavy atom. The van der Waals surface area contributed by atoms with Crippen LogP contribution in [-0.4, -0.2) is 55.0 Å². The molecule has 1 N–H and O–H groups in total. The van der Waals surface area contributed by atoms with Crippen LogP contribution in [0.3, 0.4) is 0 Å². The van der Waals surface area contributed by atoms with Crippen LogP contribution in [0.5, 0.6) is 0 Å². The van der Waals surface area contributed by atoms with Crippen molar-refractivity contribution in [1.29, 1.82) is 0 Å². The highest BCUT2D eigenvalue weighted by Crippen LogP contribution is 2.27. The fourth-order valence-electron chi connectivity index (χ4n) is 4.24. The van der Waals surface area contributed by atoms with Gasteiger partial charge < -0.3 is 5.32 Å². The van der Waals surface area contributed by atoms with Crippen LogP contribution in [0.25, 0.3) is 0 Å². The van der Waals surface area contributed by atoms with Crippen molar-refractivity contribution in [2.45, 2.75) is 43.0 Å². The minimum atomic E-state index is -3.62. The van der Waals surface area contributed by atoms with Crippen molar-refractivity contribution in [2.24, 2.45) is 0 Å². The summed E-state index contributed by atoms with van der Waals surface area (Å²) in [5.41, 5.74) is 0.940. The van der Waals surface area contributed by atoms with Gasteiger partial charge in [0.2, 0.25) is 15.9 Å². The van der Waals surface area contributed by atoms with Gasteiger partial charge in [0.25, 0.3) is 11.8 Å². The number of nitrogens with zero attached hydrogens (tertiary/aromatic N) is 2. The van der Waals surface area contributed by atoms with Crippen molar-refractivity contribution >= 4 is 33.4 Å². The van der Waals surface area contributed by atoms with Gasteiger partial charge in [-0.25, -0.2) is 8.42 Å². The molecule has 0 unspecified atom stereocenters. The first kappa shape index (κ1) is 22.2. The summed E-state index contributed by atoms with van der Waals surface area (Å²) >= 11 is 0. The third kappa shape index (κ3) is 4.18. The fourth-order valence-corrected chi connectivity index (χ4v) is 5.66. The standard InChI is InChI=1S/C23H25N3O5S/c1-25(17-7-3-2-4-8-17)32(30,31)18-13-11-16(12-14-18)24-21(27)15-26-22(28)19-9-5-6-10-20(19)23(26)29/h5-6,9-14,17H,2-4,7-8,15H2,1H3,(H,24,27). The molecule has 1 aliphatic carbocycles. The molecule has 3 amide bonds. The molecule has 2 aromatic carbocycles. The maximum atomic E-state index is 12.9. The van der Waals surface area contributed by atoms with E-state index in [2.05, 4.69) is 5.32 Å². The van der Waals surface area contributed by atoms with Crippen molar-refractivity contribution in [2.75, 3.05) is 18.9 Å². The van der Waals surface area contributed by atoms with Crippen molar-refractivity contribution in [1.82, 2.24) is 9.21 Å². The van der Waals surface area contributed by atoms with Crippen molar-refractivity contribution in [3.05, 3.63) is 59.7 Å². The Balaban J connectivity index is 1.40. The maximum Gasteiger partial charge on any atom is 0.262 e. The minimum absolute atomic E-state index is 0.00721. The normalized spacial score (nSPS) is 17.0. The van der Waals surface area contributed by atoms with E-state index < -0.39 is 34.3 Å². The van der Waals surface area contributed by atoms with E-state index in [0.29, 0.717) is 5.69 Å². The first-order valence-electron chi connectivity index (χ1n) is 10.6. The van der Waals surface area contributed by atoms with Gasteiger partial charge in [0.1, 0.15) is 6.54 Å². The highest BCUT2D eigenvalue weighted by atomic mass is 32.2. The monoisotopic (exact) mass is 455 g/mol. The van der Waals surface area contributed by atoms with E-state index in [-0.39, 0.29) is 22.1 Å². The molecule has 0 saturated heterocycles. The van der Waals surface area contributed by atoms with E-state index in [9.17, 15) is 22.8 Å². The molecular weight excluding hydrogens is 430 g/mol. The molecule has 9 heteroatoms. The number of sulfonamides is 1. The van der Waals surface area contributed by atoms with Crippen molar-refractivity contribution < 1.29 is 22.8 Å². The number of hydrogen-bond donors (Lipinski definition) is 1. The smallest absolute Gasteiger partial charge is 0.262 e. The van der Waals surface area contributed by atoms with Gasteiger partial charge in [-0.2, -0.15) is 4.31 Å². The Hall–Kier alpha value is -3.04. The number of nitrogens with one attached hydrogen (secondary N) is 1. The molecule has 8 nitrogen and oxygen atoms in total. The quantitative estimate of drug-likeness (QED) is 0.675. The lowest BCUT2D eigenvalue weighted by Crippen LogP contribution is -2.38. The summed E-state index contributed by atoms with van der Waals surface area (Å²) in [5, 5.41) is 2.61. The Labute approximate surface area is 187 Å². The highest BCUT2D eigenvalue weighted by Gasteiger charge is 2.36. The number of carbonyl (C=O) groups excluding carboxylic acids is 3. The summed E-state index contributed by atoms with van der Waals surface area (Å²) in [5.74, 6) is -1.56. The summed E-state index contributed by atoms with van der Waals surface area (Å²) in [6.07, 6.45) is 4.92. The summed E-state index contributed by atoms with van der Waals surface area (Å²) < 4.78 is 27.3. The molecule has 2 aliphatic rings. The van der Waals surface area contributed by atoms with Gasteiger partial charge in [0, 0.05) is 18.8 Å². The molecule has 2 aromatic rings. The zero-order valence-corrected chi connectivity index (χ0v) is 18.6. The molecule has 0 atom stereocenters. The molecule has 168 valence electrons. The molecule has 4 rings (SSSR count). The lowest BCUT2D eigenvalue weighted by atomic mass is 9.96. The van der Waals surface area contributed by atoms with Gasteiger partial charge >= 0.3 is 0 Å². The van der Waals surface area contributed by atoms with Gasteiger partial charge in [-0.1, -0.05) is 31.4 Å². The van der Waals surface area contributed by atoms with Gasteiger partial charge in [0.05, 0.1) is 16.0 Å². The largest absolute Gasteiger partial charge is 0.325 e. The predicted molar refractivity (Wildman–Crippen MR) is 119 cm³/mol. The molecule has 1 saturated carbocycles. The Bertz CT molecular complexity index is 1120. The number of imide groups is 1. The minimum Gasteiger partial charge on any atom is -0.325 e. The average molecular weight is 456 g/mol. The van der Waals surface area contributed by atoms with E-state index in [1.807, 2.05) is 0 Å². The van der Waals surface area contributed by atoms with Crippen LogP contribution in [0.2, 0.25) is 0 Å². The van der Waals surface area contributed by atoms with Crippen LogP contribution in [0.15, 0.2) is 53.4 Å². The number of benzene rings is 2. The first-order valence-corrected chi connectivity index (χ1v) is 12.1. The predicted octanol–water partition coefficient (Wildman–Crippen LogP) is 2.87. The number of anilines is 1. The van der Waals surface area contributed by atoms with E-state index in [1.54, 1.807) is 31.3 Å². The topological polar surface area (TPSA) is 104 Å². The van der Waals surface area contributed by atoms with E-state index in [4.69, 9.17) is 0 Å². The molecule has 0 radical (unpaired) electrons. The molecule has 0 spiro atoms. The van der Waals surface area contributed by atoms with Crippen molar-refractivity contribution in [3.63, 3.8) is 0 Å². The molecular formula is C23H25N3O5S.